The lowest BCUT2D eigenvalue weighted by Gasteiger charge is -2.29. The van der Waals surface area contributed by atoms with Gasteiger partial charge in [-0.3, -0.25) is 10.5 Å². The predicted octanol–water partition coefficient (Wildman–Crippen LogP) is 3.41. The van der Waals surface area contributed by atoms with E-state index in [1.165, 1.54) is 6.92 Å². The largest absolute Gasteiger partial charge is 0.440 e. The number of carbonyl (C=O) groups excluding carboxylic acids is 2. The van der Waals surface area contributed by atoms with Gasteiger partial charge < -0.3 is 9.47 Å². The number of unbranched alkanes of at least 4 members (excludes halogenated alkanes) is 1. The first-order valence-electron chi connectivity index (χ1n) is 7.71. The fraction of sp³-hybridized carbons (Fsp3) is 0.529. The number of benzene rings is 1. The first-order valence-corrected chi connectivity index (χ1v) is 7.71. The van der Waals surface area contributed by atoms with Crippen molar-refractivity contribution in [1.82, 2.24) is 0 Å². The van der Waals surface area contributed by atoms with E-state index in [-0.39, 0.29) is 11.3 Å². The van der Waals surface area contributed by atoms with Crippen molar-refractivity contribution in [3.63, 3.8) is 0 Å². The fourth-order valence-electron chi connectivity index (χ4n) is 2.24. The van der Waals surface area contributed by atoms with Crippen molar-refractivity contribution in [2.45, 2.75) is 58.6 Å². The second kappa shape index (κ2) is 8.54. The zero-order valence-corrected chi connectivity index (χ0v) is 13.6. The lowest BCUT2D eigenvalue weighted by Crippen LogP contribution is -2.44. The van der Waals surface area contributed by atoms with Crippen molar-refractivity contribution < 1.29 is 19.1 Å². The first-order chi connectivity index (χ1) is 10.4. The fourth-order valence-corrected chi connectivity index (χ4v) is 2.24. The van der Waals surface area contributed by atoms with Crippen LogP contribution in [0.3, 0.4) is 0 Å². The summed E-state index contributed by atoms with van der Waals surface area (Å²) in [7, 11) is 0. The van der Waals surface area contributed by atoms with Crippen LogP contribution < -0.4 is 10.5 Å². The molecule has 1 atom stereocenters. The molecule has 1 aromatic carbocycles. The summed E-state index contributed by atoms with van der Waals surface area (Å²) < 4.78 is 10.6. The Hall–Kier alpha value is -1.88. The second-order valence-electron chi connectivity index (χ2n) is 5.40. The summed E-state index contributed by atoms with van der Waals surface area (Å²) in [4.78, 5) is 23.5. The van der Waals surface area contributed by atoms with Crippen LogP contribution in [0.1, 0.15) is 63.2 Å². The molecule has 0 aliphatic carbocycles. The predicted molar refractivity (Wildman–Crippen MR) is 84.5 cm³/mol. The molecular formula is C17H25NO4. The average Bonchev–Trinajstić information content (AvgIpc) is 2.45. The van der Waals surface area contributed by atoms with Crippen LogP contribution in [0.25, 0.3) is 0 Å². The second-order valence-corrected chi connectivity index (χ2v) is 5.40. The SMILES string of the molecule is CCCCC(N)(CCC)OC(=O)c1ccccc1OC(C)=O. The van der Waals surface area contributed by atoms with Gasteiger partial charge in [-0.2, -0.15) is 0 Å². The average molecular weight is 307 g/mol. The summed E-state index contributed by atoms with van der Waals surface area (Å²) in [6, 6.07) is 6.50. The molecule has 0 aliphatic rings. The molecule has 0 aromatic heterocycles. The first kappa shape index (κ1) is 18.2. The van der Waals surface area contributed by atoms with Gasteiger partial charge in [0, 0.05) is 19.8 Å². The van der Waals surface area contributed by atoms with Gasteiger partial charge in [0.05, 0.1) is 0 Å². The van der Waals surface area contributed by atoms with Crippen molar-refractivity contribution in [3.8, 4) is 5.75 Å². The Balaban J connectivity index is 2.92. The molecule has 0 spiro atoms. The number of hydrogen-bond acceptors (Lipinski definition) is 5. The van der Waals surface area contributed by atoms with E-state index in [0.717, 1.165) is 19.3 Å². The molecule has 0 bridgehead atoms. The van der Waals surface area contributed by atoms with Crippen molar-refractivity contribution >= 4 is 11.9 Å². The van der Waals surface area contributed by atoms with E-state index in [0.29, 0.717) is 12.8 Å². The minimum absolute atomic E-state index is 0.189. The van der Waals surface area contributed by atoms with Crippen LogP contribution in [0.4, 0.5) is 0 Å². The normalized spacial score (nSPS) is 13.3. The van der Waals surface area contributed by atoms with E-state index in [9.17, 15) is 9.59 Å². The Morgan fingerprint density at radius 3 is 2.41 bits per heavy atom. The Morgan fingerprint density at radius 2 is 1.82 bits per heavy atom. The quantitative estimate of drug-likeness (QED) is 0.452. The van der Waals surface area contributed by atoms with E-state index in [1.807, 2.05) is 6.92 Å². The summed E-state index contributed by atoms with van der Waals surface area (Å²) in [6.45, 7) is 5.34. The number of carbonyl (C=O) groups is 2. The number of ether oxygens (including phenoxy) is 2. The summed E-state index contributed by atoms with van der Waals surface area (Å²) in [5.74, 6) is -0.864. The topological polar surface area (TPSA) is 78.6 Å². The Kier molecular flexibility index (Phi) is 7.05. The van der Waals surface area contributed by atoms with Crippen molar-refractivity contribution in [2.24, 2.45) is 5.73 Å². The number of nitrogens with two attached hydrogens (primary N) is 1. The molecule has 0 fully saturated rings. The van der Waals surface area contributed by atoms with E-state index in [1.54, 1.807) is 24.3 Å². The monoisotopic (exact) mass is 307 g/mol. The van der Waals surface area contributed by atoms with Gasteiger partial charge in [0.25, 0.3) is 0 Å². The summed E-state index contributed by atoms with van der Waals surface area (Å²) in [6.07, 6.45) is 3.88. The molecule has 5 heteroatoms. The Labute approximate surface area is 131 Å². The van der Waals surface area contributed by atoms with Crippen molar-refractivity contribution in [2.75, 3.05) is 0 Å². The van der Waals surface area contributed by atoms with Gasteiger partial charge in [0.1, 0.15) is 11.3 Å². The third-order valence-corrected chi connectivity index (χ3v) is 3.28. The zero-order valence-electron chi connectivity index (χ0n) is 13.6. The molecule has 1 rings (SSSR count). The molecule has 0 amide bonds. The molecule has 0 heterocycles. The van der Waals surface area contributed by atoms with Crippen LogP contribution in [0, 0.1) is 0 Å². The molecule has 0 radical (unpaired) electrons. The molecule has 0 saturated carbocycles. The smallest absolute Gasteiger partial charge is 0.343 e. The molecule has 1 unspecified atom stereocenters. The molecule has 0 saturated heterocycles. The van der Waals surface area contributed by atoms with Gasteiger partial charge in [-0.15, -0.1) is 0 Å². The van der Waals surface area contributed by atoms with Crippen molar-refractivity contribution in [3.05, 3.63) is 29.8 Å². The van der Waals surface area contributed by atoms with E-state index < -0.39 is 17.7 Å². The molecule has 0 aliphatic heterocycles. The maximum absolute atomic E-state index is 12.4. The minimum atomic E-state index is -0.981. The number of para-hydroxylation sites is 1. The number of rotatable bonds is 8. The molecule has 5 nitrogen and oxygen atoms in total. The molecule has 22 heavy (non-hydrogen) atoms. The molecular weight excluding hydrogens is 282 g/mol. The summed E-state index contributed by atoms with van der Waals surface area (Å²) in [5, 5.41) is 0. The minimum Gasteiger partial charge on any atom is -0.440 e. The van der Waals surface area contributed by atoms with E-state index >= 15 is 0 Å². The third kappa shape index (κ3) is 5.48. The van der Waals surface area contributed by atoms with Crippen LogP contribution in [-0.2, 0) is 9.53 Å². The van der Waals surface area contributed by atoms with E-state index in [4.69, 9.17) is 15.2 Å². The molecule has 1 aromatic rings. The standard InChI is InChI=1S/C17H25NO4/c1-4-6-12-17(18,11-5-2)22-16(20)14-9-7-8-10-15(14)21-13(3)19/h7-10H,4-6,11-12,18H2,1-3H3. The Bertz CT molecular complexity index is 515. The Morgan fingerprint density at radius 1 is 1.14 bits per heavy atom. The van der Waals surface area contributed by atoms with E-state index in [2.05, 4.69) is 6.92 Å². The molecule has 2 N–H and O–H groups in total. The lowest BCUT2D eigenvalue weighted by atomic mass is 10.0. The van der Waals surface area contributed by atoms with Crippen LogP contribution in [0.2, 0.25) is 0 Å². The highest BCUT2D eigenvalue weighted by Gasteiger charge is 2.29. The van der Waals surface area contributed by atoms with Gasteiger partial charge in [0.15, 0.2) is 5.72 Å². The van der Waals surface area contributed by atoms with Gasteiger partial charge in [-0.25, -0.2) is 4.79 Å². The van der Waals surface area contributed by atoms with Gasteiger partial charge in [0.2, 0.25) is 0 Å². The van der Waals surface area contributed by atoms with Gasteiger partial charge in [-0.05, 0) is 18.6 Å². The van der Waals surface area contributed by atoms with Gasteiger partial charge >= 0.3 is 11.9 Å². The van der Waals surface area contributed by atoms with Crippen LogP contribution >= 0.6 is 0 Å². The highest BCUT2D eigenvalue weighted by Crippen LogP contribution is 2.25. The number of esters is 2. The van der Waals surface area contributed by atoms with Crippen molar-refractivity contribution in [1.29, 1.82) is 0 Å². The highest BCUT2D eigenvalue weighted by molar-refractivity contribution is 5.93. The van der Waals surface area contributed by atoms with Crippen LogP contribution in [0.5, 0.6) is 5.75 Å². The maximum Gasteiger partial charge on any atom is 0.343 e. The summed E-state index contributed by atoms with van der Waals surface area (Å²) in [5.41, 5.74) is 5.46. The van der Waals surface area contributed by atoms with Crippen LogP contribution in [0.15, 0.2) is 24.3 Å². The van der Waals surface area contributed by atoms with Crippen LogP contribution in [-0.4, -0.2) is 17.7 Å². The molecule has 122 valence electrons. The zero-order chi connectivity index (χ0) is 16.6. The third-order valence-electron chi connectivity index (χ3n) is 3.28. The maximum atomic E-state index is 12.4. The van der Waals surface area contributed by atoms with Gasteiger partial charge in [-0.1, -0.05) is 38.8 Å². The highest BCUT2D eigenvalue weighted by atomic mass is 16.6. The summed E-state index contributed by atoms with van der Waals surface area (Å²) >= 11 is 0. The number of hydrogen-bond donors (Lipinski definition) is 1. The lowest BCUT2D eigenvalue weighted by molar-refractivity contribution is -0.131.